The Hall–Kier alpha value is -2.60. The molecule has 2 heterocycles. The molecule has 1 aromatic carbocycles. The summed E-state index contributed by atoms with van der Waals surface area (Å²) in [6.45, 7) is 0. The number of aryl methyl sites for hydroxylation is 2. The lowest BCUT2D eigenvalue weighted by molar-refractivity contribution is 0.103. The summed E-state index contributed by atoms with van der Waals surface area (Å²) >= 11 is 1.62. The minimum Gasteiger partial charge on any atom is -0.496 e. The van der Waals surface area contributed by atoms with Crippen molar-refractivity contribution in [3.8, 4) is 17.0 Å². The number of benzene rings is 1. The minimum absolute atomic E-state index is 0.0962. The van der Waals surface area contributed by atoms with E-state index in [-0.39, 0.29) is 5.91 Å². The van der Waals surface area contributed by atoms with Gasteiger partial charge in [-0.1, -0.05) is 18.6 Å². The maximum absolute atomic E-state index is 12.6. The highest BCUT2D eigenvalue weighted by Crippen LogP contribution is 2.31. The third kappa shape index (κ3) is 3.37. The number of amides is 1. The highest BCUT2D eigenvalue weighted by molar-refractivity contribution is 7.14. The van der Waals surface area contributed by atoms with E-state index in [1.165, 1.54) is 29.7 Å². The Balaban J connectivity index is 1.51. The van der Waals surface area contributed by atoms with Gasteiger partial charge in [0.15, 0.2) is 5.82 Å². The Morgan fingerprint density at radius 2 is 2.04 bits per heavy atom. The van der Waals surface area contributed by atoms with E-state index in [9.17, 15) is 4.79 Å². The van der Waals surface area contributed by atoms with Crippen molar-refractivity contribution >= 4 is 23.1 Å². The summed E-state index contributed by atoms with van der Waals surface area (Å²) in [6.07, 6.45) is 5.89. The molecule has 0 saturated heterocycles. The molecular formula is C20H21N3O2S. The molecule has 134 valence electrons. The molecule has 0 unspecified atom stereocenters. The van der Waals surface area contributed by atoms with Gasteiger partial charge in [-0.05, 0) is 49.4 Å². The number of fused-ring (bicyclic) bond motifs is 1. The molecule has 1 aliphatic rings. The number of nitrogens with one attached hydrogen (secondary N) is 2. The second kappa shape index (κ2) is 7.33. The number of hydrogen-bond acceptors (Lipinski definition) is 4. The summed E-state index contributed by atoms with van der Waals surface area (Å²) in [7, 11) is 1.64. The third-order valence-electron chi connectivity index (χ3n) is 4.69. The Bertz CT molecular complexity index is 905. The zero-order chi connectivity index (χ0) is 17.9. The molecule has 1 aliphatic carbocycles. The van der Waals surface area contributed by atoms with Crippen LogP contribution in [0.3, 0.4) is 0 Å². The predicted octanol–water partition coefficient (Wildman–Crippen LogP) is 4.67. The average molecular weight is 367 g/mol. The molecule has 4 rings (SSSR count). The number of para-hydroxylation sites is 1. The number of rotatable bonds is 4. The molecule has 2 N–H and O–H groups in total. The van der Waals surface area contributed by atoms with Gasteiger partial charge in [0.05, 0.1) is 17.7 Å². The van der Waals surface area contributed by atoms with Gasteiger partial charge in [-0.25, -0.2) is 0 Å². The number of aromatic nitrogens is 2. The van der Waals surface area contributed by atoms with Gasteiger partial charge >= 0.3 is 0 Å². The maximum Gasteiger partial charge on any atom is 0.266 e. The summed E-state index contributed by atoms with van der Waals surface area (Å²) in [5.41, 5.74) is 3.06. The minimum atomic E-state index is -0.0962. The lowest BCUT2D eigenvalue weighted by Crippen LogP contribution is -2.10. The van der Waals surface area contributed by atoms with Crippen molar-refractivity contribution in [3.63, 3.8) is 0 Å². The van der Waals surface area contributed by atoms with E-state index in [1.54, 1.807) is 18.4 Å². The first kappa shape index (κ1) is 16.8. The Morgan fingerprint density at radius 3 is 2.92 bits per heavy atom. The van der Waals surface area contributed by atoms with Gasteiger partial charge in [-0.2, -0.15) is 5.10 Å². The Kier molecular flexibility index (Phi) is 4.75. The van der Waals surface area contributed by atoms with Gasteiger partial charge in [0, 0.05) is 16.5 Å². The number of anilines is 1. The quantitative estimate of drug-likeness (QED) is 0.659. The van der Waals surface area contributed by atoms with E-state index < -0.39 is 0 Å². The highest BCUT2D eigenvalue weighted by Gasteiger charge is 2.17. The standard InChI is InChI=1S/C20H21N3O2S/c1-25-16-9-6-5-8-14(16)15-12-19(23-22-15)21-20(24)18-11-13-7-3-2-4-10-17(13)26-18/h5-6,8-9,11-12H,2-4,7,10H2,1H3,(H2,21,22,23,24). The molecule has 0 saturated carbocycles. The highest BCUT2D eigenvalue weighted by atomic mass is 32.1. The van der Waals surface area contributed by atoms with Crippen LogP contribution in [-0.4, -0.2) is 23.2 Å². The summed E-state index contributed by atoms with van der Waals surface area (Å²) in [5.74, 6) is 1.18. The first-order valence-corrected chi connectivity index (χ1v) is 9.68. The number of thiophene rings is 1. The van der Waals surface area contributed by atoms with E-state index in [0.29, 0.717) is 5.82 Å². The number of aromatic amines is 1. The van der Waals surface area contributed by atoms with Crippen molar-refractivity contribution in [2.75, 3.05) is 12.4 Å². The lowest BCUT2D eigenvalue weighted by Gasteiger charge is -2.05. The SMILES string of the molecule is COc1ccccc1-c1cc(NC(=O)c2cc3c(s2)CCCCC3)n[nH]1. The van der Waals surface area contributed by atoms with E-state index in [1.807, 2.05) is 30.3 Å². The van der Waals surface area contributed by atoms with Crippen LogP contribution in [0.4, 0.5) is 5.82 Å². The van der Waals surface area contributed by atoms with Gasteiger partial charge in [-0.3, -0.25) is 9.89 Å². The molecule has 5 nitrogen and oxygen atoms in total. The lowest BCUT2D eigenvalue weighted by atomic mass is 10.1. The number of H-pyrrole nitrogens is 1. The third-order valence-corrected chi connectivity index (χ3v) is 5.92. The number of ether oxygens (including phenoxy) is 1. The van der Waals surface area contributed by atoms with Crippen molar-refractivity contribution in [2.24, 2.45) is 0 Å². The molecule has 2 aromatic heterocycles. The average Bonchev–Trinajstić information content (AvgIpc) is 3.23. The zero-order valence-corrected chi connectivity index (χ0v) is 15.5. The summed E-state index contributed by atoms with van der Waals surface area (Å²) < 4.78 is 5.38. The van der Waals surface area contributed by atoms with Crippen molar-refractivity contribution < 1.29 is 9.53 Å². The molecule has 1 amide bonds. The van der Waals surface area contributed by atoms with Gasteiger partial charge in [-0.15, -0.1) is 11.3 Å². The second-order valence-corrected chi connectivity index (χ2v) is 7.58. The van der Waals surface area contributed by atoms with E-state index in [2.05, 4.69) is 21.6 Å². The van der Waals surface area contributed by atoms with Gasteiger partial charge in [0.2, 0.25) is 0 Å². The fourth-order valence-electron chi connectivity index (χ4n) is 3.35. The van der Waals surface area contributed by atoms with Crippen molar-refractivity contribution in [1.29, 1.82) is 0 Å². The molecule has 0 radical (unpaired) electrons. The summed E-state index contributed by atoms with van der Waals surface area (Å²) in [4.78, 5) is 14.7. The van der Waals surface area contributed by atoms with Crippen LogP contribution in [0, 0.1) is 0 Å². The van der Waals surface area contributed by atoms with Crippen LogP contribution in [0.15, 0.2) is 36.4 Å². The monoisotopic (exact) mass is 367 g/mol. The Morgan fingerprint density at radius 1 is 1.19 bits per heavy atom. The maximum atomic E-state index is 12.6. The molecular weight excluding hydrogens is 346 g/mol. The predicted molar refractivity (Wildman–Crippen MR) is 104 cm³/mol. The zero-order valence-electron chi connectivity index (χ0n) is 14.7. The van der Waals surface area contributed by atoms with Crippen molar-refractivity contribution in [2.45, 2.75) is 32.1 Å². The van der Waals surface area contributed by atoms with Crippen LogP contribution in [-0.2, 0) is 12.8 Å². The first-order chi connectivity index (χ1) is 12.7. The molecule has 0 atom stereocenters. The van der Waals surface area contributed by atoms with Gasteiger partial charge in [0.25, 0.3) is 5.91 Å². The fraction of sp³-hybridized carbons (Fsp3) is 0.300. The second-order valence-electron chi connectivity index (χ2n) is 6.44. The normalized spacial score (nSPS) is 13.7. The number of carbonyl (C=O) groups is 1. The molecule has 0 aliphatic heterocycles. The smallest absolute Gasteiger partial charge is 0.266 e. The molecule has 26 heavy (non-hydrogen) atoms. The topological polar surface area (TPSA) is 67.0 Å². The molecule has 0 spiro atoms. The van der Waals surface area contributed by atoms with Crippen LogP contribution in [0.5, 0.6) is 5.75 Å². The van der Waals surface area contributed by atoms with Crippen LogP contribution in [0.2, 0.25) is 0 Å². The van der Waals surface area contributed by atoms with Crippen LogP contribution >= 0.6 is 11.3 Å². The Labute approximate surface area is 156 Å². The van der Waals surface area contributed by atoms with Crippen LogP contribution < -0.4 is 10.1 Å². The largest absolute Gasteiger partial charge is 0.496 e. The molecule has 3 aromatic rings. The first-order valence-electron chi connectivity index (χ1n) is 8.86. The van der Waals surface area contributed by atoms with E-state index >= 15 is 0 Å². The summed E-state index contributed by atoms with van der Waals surface area (Å²) in [5, 5.41) is 10.1. The van der Waals surface area contributed by atoms with E-state index in [4.69, 9.17) is 4.74 Å². The van der Waals surface area contributed by atoms with Gasteiger partial charge in [0.1, 0.15) is 5.75 Å². The fourth-order valence-corrected chi connectivity index (χ4v) is 4.50. The number of nitrogens with zero attached hydrogens (tertiary/aromatic N) is 1. The van der Waals surface area contributed by atoms with E-state index in [0.717, 1.165) is 34.7 Å². The van der Waals surface area contributed by atoms with Gasteiger partial charge < -0.3 is 10.1 Å². The molecule has 6 heteroatoms. The van der Waals surface area contributed by atoms with Crippen molar-refractivity contribution in [1.82, 2.24) is 10.2 Å². The molecule has 0 bridgehead atoms. The van der Waals surface area contributed by atoms with Crippen LogP contribution in [0.1, 0.15) is 39.4 Å². The summed E-state index contributed by atoms with van der Waals surface area (Å²) in [6, 6.07) is 11.6. The number of hydrogen-bond donors (Lipinski definition) is 2. The molecule has 0 fully saturated rings. The number of carbonyl (C=O) groups excluding carboxylic acids is 1. The number of methoxy groups -OCH3 is 1. The van der Waals surface area contributed by atoms with Crippen molar-refractivity contribution in [3.05, 3.63) is 51.7 Å². The van der Waals surface area contributed by atoms with Crippen LogP contribution in [0.25, 0.3) is 11.3 Å².